The van der Waals surface area contributed by atoms with Crippen LogP contribution in [0.2, 0.25) is 0 Å². The molecule has 24 heavy (non-hydrogen) atoms. The zero-order valence-corrected chi connectivity index (χ0v) is 13.9. The molecule has 0 aliphatic heterocycles. The monoisotopic (exact) mass is 340 g/mol. The minimum absolute atomic E-state index is 0.313. The number of para-hydroxylation sites is 1. The van der Waals surface area contributed by atoms with Crippen LogP contribution in [-0.2, 0) is 4.74 Å². The van der Waals surface area contributed by atoms with E-state index in [2.05, 4.69) is 10.3 Å². The Hall–Kier alpha value is -2.86. The molecular formula is C18H16N2O3S. The van der Waals surface area contributed by atoms with Gasteiger partial charge in [0.25, 0.3) is 0 Å². The van der Waals surface area contributed by atoms with E-state index in [1.807, 2.05) is 54.6 Å². The molecule has 0 aliphatic rings. The Morgan fingerprint density at radius 3 is 2.50 bits per heavy atom. The van der Waals surface area contributed by atoms with Crippen LogP contribution in [0.15, 0.2) is 60.0 Å². The third-order valence-electron chi connectivity index (χ3n) is 3.07. The number of thiazole rings is 1. The molecule has 0 radical (unpaired) electrons. The van der Waals surface area contributed by atoms with Crippen molar-refractivity contribution in [2.24, 2.45) is 0 Å². The summed E-state index contributed by atoms with van der Waals surface area (Å²) in [6.45, 7) is 2.10. The first kappa shape index (κ1) is 16.0. The zero-order chi connectivity index (χ0) is 16.8. The Balaban J connectivity index is 1.63. The number of aromatic nitrogens is 1. The molecule has 0 amide bonds. The van der Waals surface area contributed by atoms with Crippen LogP contribution >= 0.6 is 11.3 Å². The highest BCUT2D eigenvalue weighted by atomic mass is 32.1. The number of rotatable bonds is 6. The van der Waals surface area contributed by atoms with Crippen molar-refractivity contribution in [3.63, 3.8) is 0 Å². The Morgan fingerprint density at radius 2 is 1.79 bits per heavy atom. The van der Waals surface area contributed by atoms with Gasteiger partial charge in [0.15, 0.2) is 10.8 Å². The van der Waals surface area contributed by atoms with Gasteiger partial charge in [-0.2, -0.15) is 0 Å². The van der Waals surface area contributed by atoms with E-state index >= 15 is 0 Å². The SMILES string of the molecule is CCOC(=O)c1csc(Nc2ccc(Oc3ccccc3)cc2)n1. The highest BCUT2D eigenvalue weighted by molar-refractivity contribution is 7.14. The van der Waals surface area contributed by atoms with E-state index < -0.39 is 5.97 Å². The molecule has 0 spiro atoms. The average Bonchev–Trinajstić information content (AvgIpc) is 3.06. The quantitative estimate of drug-likeness (QED) is 0.650. The van der Waals surface area contributed by atoms with Crippen molar-refractivity contribution in [3.8, 4) is 11.5 Å². The number of esters is 1. The van der Waals surface area contributed by atoms with Crippen LogP contribution in [-0.4, -0.2) is 17.6 Å². The standard InChI is InChI=1S/C18H16N2O3S/c1-2-22-17(21)16-12-24-18(20-16)19-13-8-10-15(11-9-13)23-14-6-4-3-5-7-14/h3-12H,2H2,1H3,(H,19,20). The van der Waals surface area contributed by atoms with Gasteiger partial charge >= 0.3 is 5.97 Å². The summed E-state index contributed by atoms with van der Waals surface area (Å²) in [5.74, 6) is 1.13. The Morgan fingerprint density at radius 1 is 1.08 bits per heavy atom. The number of ether oxygens (including phenoxy) is 2. The minimum atomic E-state index is -0.409. The molecule has 0 aliphatic carbocycles. The molecule has 5 nitrogen and oxygen atoms in total. The van der Waals surface area contributed by atoms with E-state index in [9.17, 15) is 4.79 Å². The van der Waals surface area contributed by atoms with Crippen LogP contribution in [0.3, 0.4) is 0 Å². The van der Waals surface area contributed by atoms with Crippen molar-refractivity contribution < 1.29 is 14.3 Å². The van der Waals surface area contributed by atoms with Gasteiger partial charge in [-0.25, -0.2) is 9.78 Å². The van der Waals surface area contributed by atoms with Gasteiger partial charge in [-0.05, 0) is 43.3 Å². The summed E-state index contributed by atoms with van der Waals surface area (Å²) in [6.07, 6.45) is 0. The van der Waals surface area contributed by atoms with Crippen molar-refractivity contribution in [3.05, 3.63) is 65.7 Å². The summed E-state index contributed by atoms with van der Waals surface area (Å²) < 4.78 is 10.7. The highest BCUT2D eigenvalue weighted by Gasteiger charge is 2.11. The lowest BCUT2D eigenvalue weighted by atomic mass is 10.3. The number of carbonyl (C=O) groups is 1. The second-order valence-corrected chi connectivity index (χ2v) is 5.68. The number of hydrogen-bond acceptors (Lipinski definition) is 6. The van der Waals surface area contributed by atoms with Crippen LogP contribution in [0.1, 0.15) is 17.4 Å². The fraction of sp³-hybridized carbons (Fsp3) is 0.111. The largest absolute Gasteiger partial charge is 0.461 e. The highest BCUT2D eigenvalue weighted by Crippen LogP contribution is 2.25. The van der Waals surface area contributed by atoms with Gasteiger partial charge in [-0.15, -0.1) is 11.3 Å². The zero-order valence-electron chi connectivity index (χ0n) is 13.1. The molecule has 122 valence electrons. The van der Waals surface area contributed by atoms with E-state index in [0.717, 1.165) is 17.2 Å². The second-order valence-electron chi connectivity index (χ2n) is 4.82. The fourth-order valence-electron chi connectivity index (χ4n) is 1.98. The number of hydrogen-bond donors (Lipinski definition) is 1. The molecule has 1 aromatic heterocycles. The van der Waals surface area contributed by atoms with Gasteiger partial charge in [0.05, 0.1) is 6.61 Å². The first-order chi connectivity index (χ1) is 11.7. The Kier molecular flexibility index (Phi) is 5.08. The number of anilines is 2. The van der Waals surface area contributed by atoms with E-state index in [4.69, 9.17) is 9.47 Å². The summed E-state index contributed by atoms with van der Waals surface area (Å²) in [5.41, 5.74) is 1.17. The molecular weight excluding hydrogens is 324 g/mol. The van der Waals surface area contributed by atoms with Crippen LogP contribution < -0.4 is 10.1 Å². The molecule has 0 bridgehead atoms. The number of nitrogens with zero attached hydrogens (tertiary/aromatic N) is 1. The van der Waals surface area contributed by atoms with Crippen LogP contribution in [0.5, 0.6) is 11.5 Å². The smallest absolute Gasteiger partial charge is 0.357 e. The Bertz CT molecular complexity index is 801. The van der Waals surface area contributed by atoms with Gasteiger partial charge in [0, 0.05) is 11.1 Å². The van der Waals surface area contributed by atoms with E-state index in [-0.39, 0.29) is 0 Å². The van der Waals surface area contributed by atoms with Gasteiger partial charge in [-0.1, -0.05) is 18.2 Å². The lowest BCUT2D eigenvalue weighted by Crippen LogP contribution is -2.04. The average molecular weight is 340 g/mol. The fourth-order valence-corrected chi connectivity index (χ4v) is 2.68. The van der Waals surface area contributed by atoms with Crippen molar-refractivity contribution in [1.82, 2.24) is 4.98 Å². The summed E-state index contributed by atoms with van der Waals surface area (Å²) in [5, 5.41) is 5.46. The molecule has 3 aromatic rings. The predicted molar refractivity (Wildman–Crippen MR) is 94.3 cm³/mol. The normalized spacial score (nSPS) is 10.2. The maximum atomic E-state index is 11.6. The molecule has 1 N–H and O–H groups in total. The summed E-state index contributed by atoms with van der Waals surface area (Å²) in [4.78, 5) is 15.8. The molecule has 0 saturated carbocycles. The van der Waals surface area contributed by atoms with Crippen molar-refractivity contribution >= 4 is 28.1 Å². The first-order valence-electron chi connectivity index (χ1n) is 7.47. The van der Waals surface area contributed by atoms with Crippen LogP contribution in [0.4, 0.5) is 10.8 Å². The molecule has 0 fully saturated rings. The molecule has 3 rings (SSSR count). The van der Waals surface area contributed by atoms with Gasteiger partial charge in [-0.3, -0.25) is 0 Å². The van der Waals surface area contributed by atoms with Gasteiger partial charge in [0.2, 0.25) is 0 Å². The van der Waals surface area contributed by atoms with Gasteiger partial charge < -0.3 is 14.8 Å². The van der Waals surface area contributed by atoms with E-state index in [1.54, 1.807) is 12.3 Å². The van der Waals surface area contributed by atoms with Crippen LogP contribution in [0.25, 0.3) is 0 Å². The predicted octanol–water partition coefficient (Wildman–Crippen LogP) is 4.86. The van der Waals surface area contributed by atoms with Crippen molar-refractivity contribution in [2.75, 3.05) is 11.9 Å². The van der Waals surface area contributed by atoms with E-state index in [1.165, 1.54) is 11.3 Å². The summed E-state index contributed by atoms with van der Waals surface area (Å²) in [6, 6.07) is 17.1. The number of nitrogens with one attached hydrogen (secondary N) is 1. The minimum Gasteiger partial charge on any atom is -0.461 e. The molecule has 2 aromatic carbocycles. The van der Waals surface area contributed by atoms with Gasteiger partial charge in [0.1, 0.15) is 11.5 Å². The summed E-state index contributed by atoms with van der Waals surface area (Å²) >= 11 is 1.35. The number of carbonyl (C=O) groups excluding carboxylic acids is 1. The third-order valence-corrected chi connectivity index (χ3v) is 3.83. The molecule has 0 unspecified atom stereocenters. The Labute approximate surface area is 143 Å². The van der Waals surface area contributed by atoms with Crippen molar-refractivity contribution in [2.45, 2.75) is 6.92 Å². The molecule has 1 heterocycles. The molecule has 6 heteroatoms. The lowest BCUT2D eigenvalue weighted by Gasteiger charge is -2.07. The van der Waals surface area contributed by atoms with E-state index in [0.29, 0.717) is 17.4 Å². The lowest BCUT2D eigenvalue weighted by molar-refractivity contribution is 0.0520. The van der Waals surface area contributed by atoms with Crippen LogP contribution in [0, 0.1) is 0 Å². The van der Waals surface area contributed by atoms with Crippen molar-refractivity contribution in [1.29, 1.82) is 0 Å². The molecule has 0 atom stereocenters. The number of benzene rings is 2. The summed E-state index contributed by atoms with van der Waals surface area (Å²) in [7, 11) is 0. The maximum Gasteiger partial charge on any atom is 0.357 e. The molecule has 0 saturated heterocycles. The topological polar surface area (TPSA) is 60.5 Å². The maximum absolute atomic E-state index is 11.6. The first-order valence-corrected chi connectivity index (χ1v) is 8.35. The second kappa shape index (κ2) is 7.61. The third kappa shape index (κ3) is 4.11.